The monoisotopic (exact) mass is 252 g/mol. The quantitative estimate of drug-likeness (QED) is 0.589. The van der Waals surface area contributed by atoms with Crippen molar-refractivity contribution in [2.24, 2.45) is 5.92 Å². The Labute approximate surface area is 107 Å². The largest absolute Gasteiger partial charge is 0.465 e. The van der Waals surface area contributed by atoms with Gasteiger partial charge in [0.2, 0.25) is 0 Å². The molecule has 2 atom stereocenters. The molecular formula is C14H17ClO2. The summed E-state index contributed by atoms with van der Waals surface area (Å²) >= 11 is 5.83. The number of halogens is 1. The highest BCUT2D eigenvalue weighted by atomic mass is 35.5. The maximum absolute atomic E-state index is 11.7. The van der Waals surface area contributed by atoms with E-state index >= 15 is 0 Å². The van der Waals surface area contributed by atoms with Crippen LogP contribution in [-0.2, 0) is 9.53 Å². The fourth-order valence-electron chi connectivity index (χ4n) is 1.96. The van der Waals surface area contributed by atoms with E-state index in [0.717, 1.165) is 24.3 Å². The number of esters is 1. The number of hydrogen-bond acceptors (Lipinski definition) is 2. The highest BCUT2D eigenvalue weighted by Crippen LogP contribution is 2.48. The molecule has 0 aromatic heterocycles. The summed E-state index contributed by atoms with van der Waals surface area (Å²) in [6.45, 7) is 2.64. The van der Waals surface area contributed by atoms with Crippen molar-refractivity contribution in [2.75, 3.05) is 6.61 Å². The summed E-state index contributed by atoms with van der Waals surface area (Å²) in [5, 5.41) is 0.733. The zero-order chi connectivity index (χ0) is 12.3. The van der Waals surface area contributed by atoms with Crippen LogP contribution in [-0.4, -0.2) is 12.6 Å². The van der Waals surface area contributed by atoms with E-state index in [4.69, 9.17) is 16.3 Å². The van der Waals surface area contributed by atoms with Gasteiger partial charge in [-0.2, -0.15) is 0 Å². The lowest BCUT2D eigenvalue weighted by Gasteiger charge is -2.03. The van der Waals surface area contributed by atoms with E-state index in [1.165, 1.54) is 5.56 Å². The number of ether oxygens (including phenoxy) is 1. The average molecular weight is 253 g/mol. The van der Waals surface area contributed by atoms with E-state index in [0.29, 0.717) is 12.5 Å². The van der Waals surface area contributed by atoms with Crippen molar-refractivity contribution in [1.29, 1.82) is 0 Å². The Morgan fingerprint density at radius 3 is 2.76 bits per heavy atom. The van der Waals surface area contributed by atoms with Gasteiger partial charge in [-0.05, 0) is 36.5 Å². The second kappa shape index (κ2) is 5.54. The van der Waals surface area contributed by atoms with Gasteiger partial charge in [-0.25, -0.2) is 0 Å². The van der Waals surface area contributed by atoms with E-state index in [2.05, 4.69) is 6.92 Å². The third-order valence-electron chi connectivity index (χ3n) is 3.13. The Morgan fingerprint density at radius 2 is 2.12 bits per heavy atom. The van der Waals surface area contributed by atoms with Gasteiger partial charge in [0, 0.05) is 5.02 Å². The summed E-state index contributed by atoms with van der Waals surface area (Å²) in [7, 11) is 0. The van der Waals surface area contributed by atoms with Crippen LogP contribution < -0.4 is 0 Å². The van der Waals surface area contributed by atoms with Crippen molar-refractivity contribution >= 4 is 17.6 Å². The number of hydrogen-bond donors (Lipinski definition) is 0. The number of unbranched alkanes of at least 4 members (excludes halogenated alkanes) is 1. The van der Waals surface area contributed by atoms with Crippen LogP contribution >= 0.6 is 11.6 Å². The number of benzene rings is 1. The van der Waals surface area contributed by atoms with Gasteiger partial charge in [0.05, 0.1) is 12.5 Å². The molecule has 0 unspecified atom stereocenters. The Bertz CT molecular complexity index is 386. The summed E-state index contributed by atoms with van der Waals surface area (Å²) in [4.78, 5) is 11.7. The minimum atomic E-state index is -0.0431. The molecule has 17 heavy (non-hydrogen) atoms. The van der Waals surface area contributed by atoms with Crippen molar-refractivity contribution in [3.63, 3.8) is 0 Å². The highest BCUT2D eigenvalue weighted by Gasteiger charge is 2.45. The van der Waals surface area contributed by atoms with Crippen LogP contribution in [0.4, 0.5) is 0 Å². The molecule has 1 aliphatic rings. The summed E-state index contributed by atoms with van der Waals surface area (Å²) in [5.41, 5.74) is 1.19. The Balaban J connectivity index is 1.83. The molecule has 1 aliphatic carbocycles. The summed E-state index contributed by atoms with van der Waals surface area (Å²) in [6, 6.07) is 7.72. The molecule has 2 rings (SSSR count). The van der Waals surface area contributed by atoms with Crippen LogP contribution in [0.15, 0.2) is 24.3 Å². The van der Waals surface area contributed by atoms with Crippen LogP contribution in [0.3, 0.4) is 0 Å². The van der Waals surface area contributed by atoms with Crippen LogP contribution in [0.5, 0.6) is 0 Å². The minimum absolute atomic E-state index is 0.0431. The van der Waals surface area contributed by atoms with E-state index in [1.807, 2.05) is 24.3 Å². The molecule has 3 heteroatoms. The average Bonchev–Trinajstić information content (AvgIpc) is 3.10. The van der Waals surface area contributed by atoms with Gasteiger partial charge in [0.1, 0.15) is 0 Å². The van der Waals surface area contributed by atoms with Gasteiger partial charge >= 0.3 is 5.97 Å². The maximum atomic E-state index is 11.7. The lowest BCUT2D eigenvalue weighted by Crippen LogP contribution is -2.08. The standard InChI is InChI=1S/C14H17ClO2/c1-2-3-8-17-14(16)13-9-12(13)10-4-6-11(15)7-5-10/h4-7,12-13H,2-3,8-9H2,1H3/t12-,13+/m0/s1. The molecule has 0 radical (unpaired) electrons. The smallest absolute Gasteiger partial charge is 0.309 e. The second-order valence-electron chi connectivity index (χ2n) is 4.52. The molecule has 0 heterocycles. The van der Waals surface area contributed by atoms with Crippen molar-refractivity contribution < 1.29 is 9.53 Å². The predicted octanol–water partition coefficient (Wildman–Crippen LogP) is 3.79. The van der Waals surface area contributed by atoms with Crippen molar-refractivity contribution in [3.8, 4) is 0 Å². The van der Waals surface area contributed by atoms with E-state index in [1.54, 1.807) is 0 Å². The molecule has 1 aromatic rings. The Kier molecular flexibility index (Phi) is 4.06. The zero-order valence-corrected chi connectivity index (χ0v) is 10.7. The van der Waals surface area contributed by atoms with Crippen LogP contribution in [0.25, 0.3) is 0 Å². The van der Waals surface area contributed by atoms with E-state index in [-0.39, 0.29) is 11.9 Å². The van der Waals surface area contributed by atoms with E-state index in [9.17, 15) is 4.79 Å². The molecule has 92 valence electrons. The fourth-order valence-corrected chi connectivity index (χ4v) is 2.08. The molecular weight excluding hydrogens is 236 g/mol. The zero-order valence-electron chi connectivity index (χ0n) is 9.99. The Morgan fingerprint density at radius 1 is 1.41 bits per heavy atom. The lowest BCUT2D eigenvalue weighted by atomic mass is 10.1. The molecule has 0 spiro atoms. The minimum Gasteiger partial charge on any atom is -0.465 e. The first-order chi connectivity index (χ1) is 8.22. The van der Waals surface area contributed by atoms with E-state index < -0.39 is 0 Å². The van der Waals surface area contributed by atoms with Crippen molar-refractivity contribution in [3.05, 3.63) is 34.9 Å². The number of rotatable bonds is 5. The first-order valence-electron chi connectivity index (χ1n) is 6.14. The molecule has 1 aromatic carbocycles. The molecule has 0 amide bonds. The third-order valence-corrected chi connectivity index (χ3v) is 3.39. The summed E-state index contributed by atoms with van der Waals surface area (Å²) < 4.78 is 5.22. The molecule has 0 aliphatic heterocycles. The Hall–Kier alpha value is -1.02. The van der Waals surface area contributed by atoms with Crippen molar-refractivity contribution in [1.82, 2.24) is 0 Å². The van der Waals surface area contributed by atoms with Gasteiger partial charge in [-0.1, -0.05) is 37.1 Å². The normalized spacial score (nSPS) is 22.2. The fraction of sp³-hybridized carbons (Fsp3) is 0.500. The van der Waals surface area contributed by atoms with Gasteiger partial charge < -0.3 is 4.74 Å². The van der Waals surface area contributed by atoms with Crippen LogP contribution in [0.1, 0.15) is 37.7 Å². The molecule has 0 bridgehead atoms. The van der Waals surface area contributed by atoms with Gasteiger partial charge in [0.25, 0.3) is 0 Å². The number of carbonyl (C=O) groups excluding carboxylic acids is 1. The molecule has 1 saturated carbocycles. The topological polar surface area (TPSA) is 26.3 Å². The van der Waals surface area contributed by atoms with Gasteiger partial charge in [-0.15, -0.1) is 0 Å². The lowest BCUT2D eigenvalue weighted by molar-refractivity contribution is -0.145. The van der Waals surface area contributed by atoms with Crippen LogP contribution in [0, 0.1) is 5.92 Å². The second-order valence-corrected chi connectivity index (χ2v) is 4.96. The van der Waals surface area contributed by atoms with Gasteiger partial charge in [0.15, 0.2) is 0 Å². The maximum Gasteiger partial charge on any atom is 0.309 e. The molecule has 0 N–H and O–H groups in total. The SMILES string of the molecule is CCCCOC(=O)[C@@H]1C[C@H]1c1ccc(Cl)cc1. The molecule has 2 nitrogen and oxygen atoms in total. The third kappa shape index (κ3) is 3.22. The van der Waals surface area contributed by atoms with Gasteiger partial charge in [-0.3, -0.25) is 4.79 Å². The molecule has 0 saturated heterocycles. The summed E-state index contributed by atoms with van der Waals surface area (Å²) in [5.74, 6) is 0.354. The van der Waals surface area contributed by atoms with Crippen molar-refractivity contribution in [2.45, 2.75) is 32.1 Å². The number of carbonyl (C=O) groups is 1. The molecule has 1 fully saturated rings. The first-order valence-corrected chi connectivity index (χ1v) is 6.52. The first kappa shape index (κ1) is 12.4. The highest BCUT2D eigenvalue weighted by molar-refractivity contribution is 6.30. The van der Waals surface area contributed by atoms with Crippen LogP contribution in [0.2, 0.25) is 5.02 Å². The predicted molar refractivity (Wildman–Crippen MR) is 68.2 cm³/mol. The summed E-state index contributed by atoms with van der Waals surface area (Å²) in [6.07, 6.45) is 2.91.